The molecule has 1 atom stereocenters. The third-order valence-electron chi connectivity index (χ3n) is 3.90. The molecule has 0 saturated carbocycles. The molecule has 26 heavy (non-hydrogen) atoms. The standard InChI is InChI=1S/C19H19Cl2N3O2/c1-12(26-17-8-7-13(20)11-15(17)21)19(25)24-16-6-3-2-5-14(16)18-22-9-4-10-23-18/h2-3,5-8,11-12H,4,9-10H2,1H3,(H,22,23)(H,24,25). The second-order valence-electron chi connectivity index (χ2n) is 5.88. The van der Waals surface area contributed by atoms with Crippen LogP contribution in [0.5, 0.6) is 5.75 Å². The molecular formula is C19H19Cl2N3O2. The number of rotatable bonds is 5. The number of anilines is 1. The first kappa shape index (κ1) is 18.5. The van der Waals surface area contributed by atoms with Crippen molar-refractivity contribution in [3.63, 3.8) is 0 Å². The van der Waals surface area contributed by atoms with Crippen molar-refractivity contribution in [2.75, 3.05) is 18.4 Å². The van der Waals surface area contributed by atoms with Crippen molar-refractivity contribution < 1.29 is 9.53 Å². The fraction of sp³-hybridized carbons (Fsp3) is 0.263. The van der Waals surface area contributed by atoms with Crippen LogP contribution in [0.3, 0.4) is 0 Å². The van der Waals surface area contributed by atoms with E-state index in [-0.39, 0.29) is 5.91 Å². The molecule has 1 amide bonds. The number of ether oxygens (including phenoxy) is 1. The number of amides is 1. The Balaban J connectivity index is 1.72. The van der Waals surface area contributed by atoms with Crippen molar-refractivity contribution in [1.29, 1.82) is 0 Å². The average molecular weight is 392 g/mol. The summed E-state index contributed by atoms with van der Waals surface area (Å²) in [6.45, 7) is 3.31. The van der Waals surface area contributed by atoms with Gasteiger partial charge in [-0.1, -0.05) is 35.3 Å². The lowest BCUT2D eigenvalue weighted by atomic mass is 10.1. The second kappa shape index (κ2) is 8.43. The Morgan fingerprint density at radius 1 is 1.27 bits per heavy atom. The number of amidine groups is 1. The number of hydrogen-bond donors (Lipinski definition) is 2. The Morgan fingerprint density at radius 2 is 2.08 bits per heavy atom. The summed E-state index contributed by atoms with van der Waals surface area (Å²) in [4.78, 5) is 17.1. The molecular weight excluding hydrogens is 373 g/mol. The summed E-state index contributed by atoms with van der Waals surface area (Å²) in [5, 5.41) is 7.04. The molecule has 0 radical (unpaired) electrons. The summed E-state index contributed by atoms with van der Waals surface area (Å²) in [7, 11) is 0. The Labute approximate surface area is 162 Å². The van der Waals surface area contributed by atoms with E-state index in [9.17, 15) is 4.79 Å². The Hall–Kier alpha value is -2.24. The molecule has 3 rings (SSSR count). The number of nitrogens with zero attached hydrogens (tertiary/aromatic N) is 1. The Kier molecular flexibility index (Phi) is 6.01. The van der Waals surface area contributed by atoms with E-state index in [0.29, 0.717) is 21.5 Å². The molecule has 0 bridgehead atoms. The largest absolute Gasteiger partial charge is 0.479 e. The first-order chi connectivity index (χ1) is 12.5. The van der Waals surface area contributed by atoms with Crippen molar-refractivity contribution in [2.45, 2.75) is 19.4 Å². The maximum atomic E-state index is 12.6. The van der Waals surface area contributed by atoms with E-state index in [2.05, 4.69) is 15.6 Å². The lowest BCUT2D eigenvalue weighted by Crippen LogP contribution is -2.33. The van der Waals surface area contributed by atoms with Gasteiger partial charge in [0.1, 0.15) is 11.6 Å². The SMILES string of the molecule is CC(Oc1ccc(Cl)cc1Cl)C(=O)Nc1ccccc1C1=NCCCN1. The molecule has 136 valence electrons. The zero-order valence-corrected chi connectivity index (χ0v) is 15.8. The van der Waals surface area contributed by atoms with Crippen LogP contribution < -0.4 is 15.4 Å². The van der Waals surface area contributed by atoms with Crippen molar-refractivity contribution in [2.24, 2.45) is 4.99 Å². The van der Waals surface area contributed by atoms with Gasteiger partial charge in [-0.2, -0.15) is 0 Å². The zero-order chi connectivity index (χ0) is 18.5. The fourth-order valence-electron chi connectivity index (χ4n) is 2.56. The van der Waals surface area contributed by atoms with Crippen molar-refractivity contribution in [1.82, 2.24) is 5.32 Å². The van der Waals surface area contributed by atoms with Gasteiger partial charge in [0, 0.05) is 23.7 Å². The van der Waals surface area contributed by atoms with Crippen LogP contribution in [0.25, 0.3) is 0 Å². The van der Waals surface area contributed by atoms with Gasteiger partial charge in [0.15, 0.2) is 6.10 Å². The number of hydrogen-bond acceptors (Lipinski definition) is 4. The van der Waals surface area contributed by atoms with Crippen LogP contribution in [-0.4, -0.2) is 30.9 Å². The molecule has 2 N–H and O–H groups in total. The highest BCUT2D eigenvalue weighted by Gasteiger charge is 2.19. The lowest BCUT2D eigenvalue weighted by Gasteiger charge is -2.19. The first-order valence-corrected chi connectivity index (χ1v) is 9.10. The van der Waals surface area contributed by atoms with Gasteiger partial charge in [0.25, 0.3) is 5.91 Å². The molecule has 2 aromatic carbocycles. The van der Waals surface area contributed by atoms with E-state index in [4.69, 9.17) is 27.9 Å². The number of carbonyl (C=O) groups excluding carboxylic acids is 1. The van der Waals surface area contributed by atoms with Crippen LogP contribution in [0.15, 0.2) is 47.5 Å². The van der Waals surface area contributed by atoms with Crippen LogP contribution in [-0.2, 0) is 4.79 Å². The van der Waals surface area contributed by atoms with Crippen molar-refractivity contribution in [3.05, 3.63) is 58.1 Å². The van der Waals surface area contributed by atoms with Gasteiger partial charge < -0.3 is 15.4 Å². The summed E-state index contributed by atoms with van der Waals surface area (Å²) in [6, 6.07) is 12.4. The van der Waals surface area contributed by atoms with Gasteiger partial charge >= 0.3 is 0 Å². The van der Waals surface area contributed by atoms with Crippen LogP contribution in [0, 0.1) is 0 Å². The lowest BCUT2D eigenvalue weighted by molar-refractivity contribution is -0.122. The van der Waals surface area contributed by atoms with Crippen LogP contribution in [0.4, 0.5) is 5.69 Å². The van der Waals surface area contributed by atoms with E-state index < -0.39 is 6.10 Å². The normalized spacial score (nSPS) is 14.8. The second-order valence-corrected chi connectivity index (χ2v) is 6.72. The van der Waals surface area contributed by atoms with Gasteiger partial charge in [-0.3, -0.25) is 9.79 Å². The van der Waals surface area contributed by atoms with Crippen molar-refractivity contribution in [3.8, 4) is 5.75 Å². The Bertz CT molecular complexity index is 839. The average Bonchev–Trinajstić information content (AvgIpc) is 2.65. The number of nitrogens with one attached hydrogen (secondary N) is 2. The number of aliphatic imine (C=N–C) groups is 1. The van der Waals surface area contributed by atoms with E-state index in [1.54, 1.807) is 25.1 Å². The van der Waals surface area contributed by atoms with E-state index in [0.717, 1.165) is 30.9 Å². The summed E-state index contributed by atoms with van der Waals surface area (Å²) in [5.41, 5.74) is 1.54. The van der Waals surface area contributed by atoms with Gasteiger partial charge in [-0.15, -0.1) is 0 Å². The maximum Gasteiger partial charge on any atom is 0.265 e. The molecule has 5 nitrogen and oxygen atoms in total. The molecule has 0 aromatic heterocycles. The molecule has 0 spiro atoms. The molecule has 1 aliphatic rings. The molecule has 2 aromatic rings. The number of halogens is 2. The van der Waals surface area contributed by atoms with Crippen molar-refractivity contribution >= 4 is 40.6 Å². The smallest absolute Gasteiger partial charge is 0.265 e. The van der Waals surface area contributed by atoms with E-state index >= 15 is 0 Å². The highest BCUT2D eigenvalue weighted by Crippen LogP contribution is 2.28. The minimum atomic E-state index is -0.733. The van der Waals surface area contributed by atoms with Crippen LogP contribution in [0.2, 0.25) is 10.0 Å². The summed E-state index contributed by atoms with van der Waals surface area (Å²) >= 11 is 12.0. The first-order valence-electron chi connectivity index (χ1n) is 8.35. The summed E-state index contributed by atoms with van der Waals surface area (Å²) in [5.74, 6) is 0.923. The molecule has 7 heteroatoms. The summed E-state index contributed by atoms with van der Waals surface area (Å²) in [6.07, 6.45) is 0.271. The monoisotopic (exact) mass is 391 g/mol. The third-order valence-corrected chi connectivity index (χ3v) is 4.43. The van der Waals surface area contributed by atoms with Crippen LogP contribution in [0.1, 0.15) is 18.9 Å². The quantitative estimate of drug-likeness (QED) is 0.804. The topological polar surface area (TPSA) is 62.7 Å². The Morgan fingerprint density at radius 3 is 2.81 bits per heavy atom. The highest BCUT2D eigenvalue weighted by molar-refractivity contribution is 6.35. The molecule has 0 aliphatic carbocycles. The number of benzene rings is 2. The molecule has 0 saturated heterocycles. The van der Waals surface area contributed by atoms with Crippen LogP contribution >= 0.6 is 23.2 Å². The predicted octanol–water partition coefficient (Wildman–Crippen LogP) is 4.14. The van der Waals surface area contributed by atoms with Gasteiger partial charge in [-0.05, 0) is 43.7 Å². The third kappa shape index (κ3) is 4.48. The molecule has 1 aliphatic heterocycles. The highest BCUT2D eigenvalue weighted by atomic mass is 35.5. The predicted molar refractivity (Wildman–Crippen MR) is 106 cm³/mol. The number of para-hydroxylation sites is 1. The maximum absolute atomic E-state index is 12.6. The number of carbonyl (C=O) groups is 1. The molecule has 0 fully saturated rings. The van der Waals surface area contributed by atoms with Gasteiger partial charge in [-0.25, -0.2) is 0 Å². The minimum Gasteiger partial charge on any atom is -0.479 e. The minimum absolute atomic E-state index is 0.278. The van der Waals surface area contributed by atoms with E-state index in [1.165, 1.54) is 0 Å². The zero-order valence-electron chi connectivity index (χ0n) is 14.3. The molecule has 1 heterocycles. The molecule has 1 unspecified atom stereocenters. The van der Waals surface area contributed by atoms with E-state index in [1.807, 2.05) is 24.3 Å². The van der Waals surface area contributed by atoms with Gasteiger partial charge in [0.05, 0.1) is 10.7 Å². The fourth-order valence-corrected chi connectivity index (χ4v) is 3.01. The van der Waals surface area contributed by atoms with Gasteiger partial charge in [0.2, 0.25) is 0 Å². The summed E-state index contributed by atoms with van der Waals surface area (Å²) < 4.78 is 5.67.